The molecule has 3 rings (SSSR count). The fraction of sp³-hybridized carbons (Fsp3) is 0.0714. The van der Waals surface area contributed by atoms with E-state index in [0.29, 0.717) is 10.2 Å². The molecule has 2 aromatic heterocycles. The molecule has 3 nitrogen and oxygen atoms in total. The Bertz CT molecular complexity index is 761. The molecule has 2 heterocycles. The smallest absolute Gasteiger partial charge is 0.129 e. The van der Waals surface area contributed by atoms with Crippen LogP contribution in [0.15, 0.2) is 36.4 Å². The van der Waals surface area contributed by atoms with Crippen molar-refractivity contribution in [2.24, 2.45) is 7.05 Å². The molecule has 0 radical (unpaired) electrons. The predicted octanol–water partition coefficient (Wildman–Crippen LogP) is 4.19. The lowest BCUT2D eigenvalue weighted by atomic mass is 10.0. The monoisotopic (exact) mass is 307 g/mol. The molecule has 0 fully saturated rings. The zero-order chi connectivity index (χ0) is 14.3. The fourth-order valence-corrected chi connectivity index (χ4v) is 3.09. The Labute approximate surface area is 124 Å². The van der Waals surface area contributed by atoms with Crippen LogP contribution in [0.25, 0.3) is 21.7 Å². The molecule has 0 amide bonds. The van der Waals surface area contributed by atoms with E-state index in [1.165, 1.54) is 23.5 Å². The van der Waals surface area contributed by atoms with Crippen molar-refractivity contribution in [3.05, 3.63) is 46.6 Å². The minimum absolute atomic E-state index is 0.281. The van der Waals surface area contributed by atoms with E-state index < -0.39 is 0 Å². The van der Waals surface area contributed by atoms with Gasteiger partial charge in [0, 0.05) is 7.05 Å². The van der Waals surface area contributed by atoms with Gasteiger partial charge in [-0.2, -0.15) is 5.10 Å². The van der Waals surface area contributed by atoms with E-state index >= 15 is 0 Å². The number of benzene rings is 1. The number of hydrogen-bond acceptors (Lipinski definition) is 3. The van der Waals surface area contributed by atoms with Gasteiger partial charge in [-0.3, -0.25) is 4.68 Å². The van der Waals surface area contributed by atoms with Gasteiger partial charge in [0.15, 0.2) is 0 Å². The highest BCUT2D eigenvalue weighted by Crippen LogP contribution is 2.39. The van der Waals surface area contributed by atoms with Crippen molar-refractivity contribution in [1.82, 2.24) is 9.78 Å². The van der Waals surface area contributed by atoms with Crippen molar-refractivity contribution in [2.45, 2.75) is 0 Å². The molecular weight excluding hydrogens is 297 g/mol. The largest absolute Gasteiger partial charge is 0.383 e. The Kier molecular flexibility index (Phi) is 3.23. The van der Waals surface area contributed by atoms with Gasteiger partial charge in [0.1, 0.15) is 17.3 Å². The summed E-state index contributed by atoms with van der Waals surface area (Å²) in [4.78, 5) is 0.932. The lowest BCUT2D eigenvalue weighted by Gasteiger charge is -2.03. The highest BCUT2D eigenvalue weighted by atomic mass is 35.5. The van der Waals surface area contributed by atoms with Crippen LogP contribution in [0.5, 0.6) is 0 Å². The average Bonchev–Trinajstić information content (AvgIpc) is 2.97. The molecule has 0 bridgehead atoms. The lowest BCUT2D eigenvalue weighted by Crippen LogP contribution is -1.97. The predicted molar refractivity (Wildman–Crippen MR) is 81.3 cm³/mol. The first kappa shape index (κ1) is 13.1. The van der Waals surface area contributed by atoms with Gasteiger partial charge in [-0.25, -0.2) is 4.39 Å². The van der Waals surface area contributed by atoms with E-state index in [2.05, 4.69) is 5.10 Å². The molecule has 0 spiro atoms. The van der Waals surface area contributed by atoms with Crippen LogP contribution < -0.4 is 5.73 Å². The second kappa shape index (κ2) is 4.92. The number of aryl methyl sites for hydroxylation is 1. The third kappa shape index (κ3) is 2.19. The third-order valence-corrected chi connectivity index (χ3v) is 4.27. The van der Waals surface area contributed by atoms with Crippen LogP contribution in [0.3, 0.4) is 0 Å². The van der Waals surface area contributed by atoms with E-state index in [1.807, 2.05) is 12.1 Å². The first-order valence-electron chi connectivity index (χ1n) is 5.90. The molecule has 102 valence electrons. The molecule has 0 aliphatic carbocycles. The minimum atomic E-state index is -0.281. The van der Waals surface area contributed by atoms with Gasteiger partial charge < -0.3 is 5.73 Å². The minimum Gasteiger partial charge on any atom is -0.383 e. The Morgan fingerprint density at radius 2 is 1.90 bits per heavy atom. The maximum absolute atomic E-state index is 13.1. The number of aromatic nitrogens is 2. The Balaban J connectivity index is 2.21. The lowest BCUT2D eigenvalue weighted by molar-refractivity contribution is 0.628. The Hall–Kier alpha value is -1.85. The molecule has 0 aliphatic heterocycles. The number of nitrogens with two attached hydrogens (primary N) is 1. The van der Waals surface area contributed by atoms with Crippen molar-refractivity contribution in [1.29, 1.82) is 0 Å². The summed E-state index contributed by atoms with van der Waals surface area (Å²) in [6.45, 7) is 0. The zero-order valence-corrected chi connectivity index (χ0v) is 12.2. The van der Waals surface area contributed by atoms with Gasteiger partial charge in [-0.05, 0) is 29.8 Å². The fourth-order valence-electron chi connectivity index (χ4n) is 2.05. The first-order chi connectivity index (χ1) is 9.56. The summed E-state index contributed by atoms with van der Waals surface area (Å²) in [6.07, 6.45) is 0. The normalized spacial score (nSPS) is 10.9. The van der Waals surface area contributed by atoms with Crippen LogP contribution in [0.1, 0.15) is 0 Å². The van der Waals surface area contributed by atoms with Crippen LogP contribution in [0.2, 0.25) is 4.34 Å². The first-order valence-corrected chi connectivity index (χ1v) is 7.10. The summed E-state index contributed by atoms with van der Waals surface area (Å²) in [7, 11) is 1.78. The highest BCUT2D eigenvalue weighted by Gasteiger charge is 2.18. The molecule has 1 aromatic carbocycles. The van der Waals surface area contributed by atoms with E-state index in [9.17, 15) is 4.39 Å². The molecule has 0 unspecified atom stereocenters. The maximum Gasteiger partial charge on any atom is 0.129 e. The number of rotatable bonds is 2. The number of hydrogen-bond donors (Lipinski definition) is 1. The Morgan fingerprint density at radius 1 is 1.20 bits per heavy atom. The standard InChI is InChI=1S/C14H11ClFN3S/c1-19-14(17)12(8-2-4-9(16)5-3-8)13(18-19)10-6-7-11(15)20-10/h2-7H,17H2,1H3. The quantitative estimate of drug-likeness (QED) is 0.771. The summed E-state index contributed by atoms with van der Waals surface area (Å²) < 4.78 is 15.4. The van der Waals surface area contributed by atoms with Gasteiger partial charge in [0.05, 0.1) is 14.8 Å². The van der Waals surface area contributed by atoms with Crippen molar-refractivity contribution in [3.63, 3.8) is 0 Å². The number of nitrogen functional groups attached to an aromatic ring is 1. The van der Waals surface area contributed by atoms with Gasteiger partial charge in [0.2, 0.25) is 0 Å². The molecular formula is C14H11ClFN3S. The molecule has 20 heavy (non-hydrogen) atoms. The summed E-state index contributed by atoms with van der Waals surface area (Å²) >= 11 is 7.41. The number of anilines is 1. The molecule has 0 atom stereocenters. The number of halogens is 2. The SMILES string of the molecule is Cn1nc(-c2ccc(Cl)s2)c(-c2ccc(F)cc2)c1N. The highest BCUT2D eigenvalue weighted by molar-refractivity contribution is 7.19. The van der Waals surface area contributed by atoms with Crippen LogP contribution in [-0.4, -0.2) is 9.78 Å². The summed E-state index contributed by atoms with van der Waals surface area (Å²) in [5.41, 5.74) is 8.48. The zero-order valence-electron chi connectivity index (χ0n) is 10.6. The summed E-state index contributed by atoms with van der Waals surface area (Å²) in [5.74, 6) is 0.257. The Morgan fingerprint density at radius 3 is 2.50 bits per heavy atom. The van der Waals surface area contributed by atoms with E-state index in [-0.39, 0.29) is 5.82 Å². The topological polar surface area (TPSA) is 43.8 Å². The molecule has 0 saturated carbocycles. The van der Waals surface area contributed by atoms with Crippen LogP contribution >= 0.6 is 22.9 Å². The summed E-state index contributed by atoms with van der Waals surface area (Å²) in [6, 6.07) is 9.94. The number of thiophene rings is 1. The molecule has 6 heteroatoms. The van der Waals surface area contributed by atoms with Crippen LogP contribution in [0.4, 0.5) is 10.2 Å². The molecule has 0 saturated heterocycles. The van der Waals surface area contributed by atoms with E-state index in [4.69, 9.17) is 17.3 Å². The van der Waals surface area contributed by atoms with Crippen LogP contribution in [0, 0.1) is 5.82 Å². The summed E-state index contributed by atoms with van der Waals surface area (Å²) in [5, 5.41) is 4.44. The van der Waals surface area contributed by atoms with Crippen molar-refractivity contribution >= 4 is 28.8 Å². The van der Waals surface area contributed by atoms with Crippen molar-refractivity contribution < 1.29 is 4.39 Å². The molecule has 2 N–H and O–H groups in total. The van der Waals surface area contributed by atoms with Gasteiger partial charge >= 0.3 is 0 Å². The number of nitrogens with zero attached hydrogens (tertiary/aromatic N) is 2. The molecule has 3 aromatic rings. The van der Waals surface area contributed by atoms with Crippen molar-refractivity contribution in [2.75, 3.05) is 5.73 Å². The maximum atomic E-state index is 13.1. The average molecular weight is 308 g/mol. The van der Waals surface area contributed by atoms with E-state index in [0.717, 1.165) is 21.7 Å². The van der Waals surface area contributed by atoms with Gasteiger partial charge in [-0.15, -0.1) is 11.3 Å². The third-order valence-electron chi connectivity index (χ3n) is 3.03. The second-order valence-corrected chi connectivity index (χ2v) is 6.06. The second-order valence-electron chi connectivity index (χ2n) is 4.34. The van der Waals surface area contributed by atoms with E-state index in [1.54, 1.807) is 23.9 Å². The van der Waals surface area contributed by atoms with Crippen molar-refractivity contribution in [3.8, 4) is 21.7 Å². The van der Waals surface area contributed by atoms with Gasteiger partial charge in [0.25, 0.3) is 0 Å². The van der Waals surface area contributed by atoms with Crippen LogP contribution in [-0.2, 0) is 7.05 Å². The molecule has 0 aliphatic rings. The van der Waals surface area contributed by atoms with Gasteiger partial charge in [-0.1, -0.05) is 23.7 Å².